The number of carbonyl (C=O) groups is 2. The molecule has 43 heavy (non-hydrogen) atoms. The van der Waals surface area contributed by atoms with Gasteiger partial charge in [0.15, 0.2) is 5.79 Å². The van der Waals surface area contributed by atoms with Crippen LogP contribution in [-0.2, 0) is 19.1 Å². The highest BCUT2D eigenvalue weighted by Gasteiger charge is 2.56. The monoisotopic (exact) mass is 606 g/mol. The molecule has 3 fully saturated rings. The lowest BCUT2D eigenvalue weighted by molar-refractivity contribution is -0.318. The number of esters is 1. The zero-order valence-electron chi connectivity index (χ0n) is 27.7. The Morgan fingerprint density at radius 2 is 1.81 bits per heavy atom. The second kappa shape index (κ2) is 12.8. The summed E-state index contributed by atoms with van der Waals surface area (Å²) in [4.78, 5) is 25.9. The first-order valence-electron chi connectivity index (χ1n) is 16.8. The maximum absolute atomic E-state index is 13.4. The van der Waals surface area contributed by atoms with Gasteiger partial charge in [-0.15, -0.1) is 0 Å². The number of ketones is 1. The highest BCUT2D eigenvalue weighted by atomic mass is 16.6. The molecule has 8 heteroatoms. The predicted octanol–water partition coefficient (Wildman–Crippen LogP) is 4.66. The zero-order chi connectivity index (χ0) is 32.1. The molecule has 0 radical (unpaired) electrons. The van der Waals surface area contributed by atoms with E-state index in [1.165, 1.54) is 5.57 Å². The van der Waals surface area contributed by atoms with Crippen molar-refractivity contribution in [2.24, 2.45) is 58.7 Å². The molecule has 1 saturated heterocycles. The fraction of sp³-hybridized carbons (Fsp3) is 0.886. The molecule has 0 aromatic carbocycles. The van der Waals surface area contributed by atoms with Crippen molar-refractivity contribution < 1.29 is 39.5 Å². The minimum absolute atomic E-state index is 0.0135. The van der Waals surface area contributed by atoms with Crippen molar-refractivity contribution in [3.8, 4) is 0 Å². The van der Waals surface area contributed by atoms with E-state index in [0.29, 0.717) is 25.7 Å². The lowest BCUT2D eigenvalue weighted by Crippen LogP contribution is -2.57. The van der Waals surface area contributed by atoms with Gasteiger partial charge in [0.05, 0.1) is 24.4 Å². The third-order valence-corrected chi connectivity index (χ3v) is 12.3. The second-order valence-electron chi connectivity index (χ2n) is 15.5. The van der Waals surface area contributed by atoms with Crippen LogP contribution in [0.25, 0.3) is 0 Å². The van der Waals surface area contributed by atoms with Gasteiger partial charge < -0.3 is 29.9 Å². The van der Waals surface area contributed by atoms with Crippen molar-refractivity contribution in [2.75, 3.05) is 13.2 Å². The van der Waals surface area contributed by atoms with E-state index < -0.39 is 35.5 Å². The number of ether oxygens (including phenoxy) is 2. The Labute approximate surface area is 258 Å². The van der Waals surface area contributed by atoms with E-state index in [1.54, 1.807) is 6.92 Å². The van der Waals surface area contributed by atoms with E-state index in [0.717, 1.165) is 19.3 Å². The van der Waals surface area contributed by atoms with E-state index in [-0.39, 0.29) is 71.8 Å². The second-order valence-corrected chi connectivity index (χ2v) is 15.5. The SMILES string of the molecule is CCC(=O)[C@@H](C)[C@H]1O[C@@](O)([C@H](C)C(=O)OC[C@@H](C)[C@H]2CC[C@]3(C)C[C@@H]4[C@H](CO)C[C@@H](O)[C@H]4[C@@](C)(O)C/C=C/23)[C@H](C)C[C@H]1C. The molecule has 4 aliphatic rings. The number of rotatable bonds is 9. The summed E-state index contributed by atoms with van der Waals surface area (Å²) in [7, 11) is 0. The van der Waals surface area contributed by atoms with Crippen LogP contribution in [0, 0.1) is 58.7 Å². The first-order chi connectivity index (χ1) is 20.0. The van der Waals surface area contributed by atoms with Crippen LogP contribution in [0.15, 0.2) is 11.6 Å². The fourth-order valence-corrected chi connectivity index (χ4v) is 9.56. The van der Waals surface area contributed by atoms with Crippen LogP contribution in [0.2, 0.25) is 0 Å². The molecule has 1 aliphatic heterocycles. The standard InChI is InChI=1S/C35H58O8/c1-9-28(37)22(5)31-19(2)14-21(4)35(41,43-31)23(6)32(39)42-18-20(3)25-10-12-33(7)16-26-24(17-36)15-29(38)30(26)34(8,40)13-11-27(25)33/h11,19-26,29-31,36,38,40-41H,9-10,12-18H2,1-8H3/b27-11-/t19-,20-,21-,22-,23-,24+,25-,26-,29-,30+,31+,33-,34+,35-/m1/s1. The number of Topliss-reactive ketones (excluding diaryl/α,β-unsaturated/α-hetero) is 1. The fourth-order valence-electron chi connectivity index (χ4n) is 9.56. The number of hydrogen-bond donors (Lipinski definition) is 4. The molecule has 0 aromatic rings. The Balaban J connectivity index is 1.45. The topological polar surface area (TPSA) is 134 Å². The van der Waals surface area contributed by atoms with E-state index in [1.807, 2.05) is 34.6 Å². The van der Waals surface area contributed by atoms with Gasteiger partial charge in [0, 0.05) is 30.8 Å². The third-order valence-electron chi connectivity index (χ3n) is 12.3. The smallest absolute Gasteiger partial charge is 0.314 e. The number of aliphatic hydroxyl groups excluding tert-OH is 2. The summed E-state index contributed by atoms with van der Waals surface area (Å²) in [5, 5.41) is 44.1. The maximum atomic E-state index is 13.4. The van der Waals surface area contributed by atoms with E-state index >= 15 is 0 Å². The maximum Gasteiger partial charge on any atom is 0.314 e. The van der Waals surface area contributed by atoms with Crippen molar-refractivity contribution in [1.82, 2.24) is 0 Å². The van der Waals surface area contributed by atoms with Gasteiger partial charge in [-0.3, -0.25) is 9.59 Å². The predicted molar refractivity (Wildman–Crippen MR) is 163 cm³/mol. The summed E-state index contributed by atoms with van der Waals surface area (Å²) in [5.74, 6) is -3.69. The summed E-state index contributed by atoms with van der Waals surface area (Å²) < 4.78 is 12.1. The Kier molecular flexibility index (Phi) is 10.3. The molecule has 3 aliphatic carbocycles. The van der Waals surface area contributed by atoms with Crippen LogP contribution < -0.4 is 0 Å². The van der Waals surface area contributed by atoms with Crippen LogP contribution in [0.3, 0.4) is 0 Å². The van der Waals surface area contributed by atoms with Crippen molar-refractivity contribution in [3.63, 3.8) is 0 Å². The molecule has 246 valence electrons. The van der Waals surface area contributed by atoms with Gasteiger partial charge in [-0.1, -0.05) is 53.2 Å². The first kappa shape index (κ1) is 34.6. The average molecular weight is 607 g/mol. The van der Waals surface area contributed by atoms with E-state index in [9.17, 15) is 30.0 Å². The Morgan fingerprint density at radius 1 is 1.14 bits per heavy atom. The van der Waals surface area contributed by atoms with Gasteiger partial charge in [0.1, 0.15) is 11.7 Å². The van der Waals surface area contributed by atoms with Crippen LogP contribution in [0.5, 0.6) is 0 Å². The number of fused-ring (bicyclic) bond motifs is 2. The molecule has 0 spiro atoms. The number of allylic oxidation sites excluding steroid dienone is 1. The molecule has 4 N–H and O–H groups in total. The van der Waals surface area contributed by atoms with Gasteiger partial charge in [0.2, 0.25) is 0 Å². The number of hydrogen-bond acceptors (Lipinski definition) is 8. The van der Waals surface area contributed by atoms with Gasteiger partial charge in [-0.25, -0.2) is 0 Å². The number of aliphatic hydroxyl groups is 4. The van der Waals surface area contributed by atoms with Crippen molar-refractivity contribution in [1.29, 1.82) is 0 Å². The normalized spacial score (nSPS) is 46.4. The summed E-state index contributed by atoms with van der Waals surface area (Å²) in [6.45, 7) is 15.6. The Hall–Kier alpha value is -1.32. The van der Waals surface area contributed by atoms with E-state index in [2.05, 4.69) is 19.9 Å². The minimum atomic E-state index is -1.72. The molecule has 0 unspecified atom stereocenters. The summed E-state index contributed by atoms with van der Waals surface area (Å²) >= 11 is 0. The van der Waals surface area contributed by atoms with Gasteiger partial charge in [-0.05, 0) is 87.4 Å². The third kappa shape index (κ3) is 6.38. The van der Waals surface area contributed by atoms with Gasteiger partial charge in [-0.2, -0.15) is 0 Å². The van der Waals surface area contributed by atoms with Gasteiger partial charge in [0.25, 0.3) is 0 Å². The molecule has 14 atom stereocenters. The quantitative estimate of drug-likeness (QED) is 0.220. The lowest BCUT2D eigenvalue weighted by Gasteiger charge is -2.48. The number of carbonyl (C=O) groups excluding carboxylic acids is 2. The largest absolute Gasteiger partial charge is 0.465 e. The molecule has 0 aromatic heterocycles. The average Bonchev–Trinajstić information content (AvgIpc) is 3.45. The molecule has 0 amide bonds. The summed E-state index contributed by atoms with van der Waals surface area (Å²) in [6.07, 6.45) is 5.81. The van der Waals surface area contributed by atoms with Crippen LogP contribution in [0.1, 0.15) is 100 Å². The highest BCUT2D eigenvalue weighted by Crippen LogP contribution is 2.59. The molecular formula is C35H58O8. The van der Waals surface area contributed by atoms with Crippen LogP contribution in [0.4, 0.5) is 0 Å². The molecule has 4 rings (SSSR count). The molecule has 8 nitrogen and oxygen atoms in total. The van der Waals surface area contributed by atoms with Crippen molar-refractivity contribution in [3.05, 3.63) is 11.6 Å². The van der Waals surface area contributed by atoms with Gasteiger partial charge >= 0.3 is 5.97 Å². The summed E-state index contributed by atoms with van der Waals surface area (Å²) in [6, 6.07) is 0. The Morgan fingerprint density at radius 3 is 2.44 bits per heavy atom. The lowest BCUT2D eigenvalue weighted by atomic mass is 9.64. The first-order valence-corrected chi connectivity index (χ1v) is 16.8. The van der Waals surface area contributed by atoms with E-state index in [4.69, 9.17) is 9.47 Å². The van der Waals surface area contributed by atoms with Crippen molar-refractivity contribution in [2.45, 2.75) is 124 Å². The zero-order valence-corrected chi connectivity index (χ0v) is 27.7. The van der Waals surface area contributed by atoms with Crippen LogP contribution in [-0.4, -0.2) is 69.0 Å². The summed E-state index contributed by atoms with van der Waals surface area (Å²) in [5.41, 5.74) is 0.114. The molecule has 2 saturated carbocycles. The molecular weight excluding hydrogens is 548 g/mol. The molecule has 1 heterocycles. The molecule has 0 bridgehead atoms. The minimum Gasteiger partial charge on any atom is -0.465 e. The Bertz CT molecular complexity index is 1050. The van der Waals surface area contributed by atoms with Crippen molar-refractivity contribution >= 4 is 11.8 Å². The van der Waals surface area contributed by atoms with Crippen LogP contribution >= 0.6 is 0 Å². The highest BCUT2D eigenvalue weighted by molar-refractivity contribution is 5.81.